The second-order valence-electron chi connectivity index (χ2n) is 6.45. The van der Waals surface area contributed by atoms with E-state index in [-0.39, 0.29) is 41.3 Å². The number of sulfone groups is 1. The van der Waals surface area contributed by atoms with Crippen molar-refractivity contribution in [3.63, 3.8) is 0 Å². The molecule has 0 bridgehead atoms. The molecule has 0 radical (unpaired) electrons. The molecular formula is C16H22ClN3O5S. The highest BCUT2D eigenvalue weighted by Crippen LogP contribution is 2.30. The van der Waals surface area contributed by atoms with E-state index in [9.17, 15) is 18.0 Å². The Morgan fingerprint density at radius 1 is 1.46 bits per heavy atom. The van der Waals surface area contributed by atoms with Gasteiger partial charge in [0.05, 0.1) is 23.2 Å². The van der Waals surface area contributed by atoms with Crippen molar-refractivity contribution in [1.82, 2.24) is 15.1 Å². The molecule has 1 N–H and O–H groups in total. The van der Waals surface area contributed by atoms with Gasteiger partial charge in [-0.1, -0.05) is 11.6 Å². The highest BCUT2D eigenvalue weighted by atomic mass is 35.5. The van der Waals surface area contributed by atoms with Crippen molar-refractivity contribution in [2.75, 3.05) is 18.1 Å². The van der Waals surface area contributed by atoms with Gasteiger partial charge in [0.25, 0.3) is 5.91 Å². The maximum Gasteiger partial charge on any atom is 0.331 e. The average Bonchev–Trinajstić information content (AvgIpc) is 3.02. The minimum absolute atomic E-state index is 0.00397. The van der Waals surface area contributed by atoms with Gasteiger partial charge >= 0.3 is 5.97 Å². The normalized spacial score (nSPS) is 19.2. The van der Waals surface area contributed by atoms with Gasteiger partial charge in [0.15, 0.2) is 16.4 Å². The van der Waals surface area contributed by atoms with Crippen molar-refractivity contribution in [1.29, 1.82) is 0 Å². The number of aromatic nitrogens is 2. The minimum atomic E-state index is -3.06. The van der Waals surface area contributed by atoms with E-state index in [1.54, 1.807) is 20.8 Å². The van der Waals surface area contributed by atoms with Gasteiger partial charge in [0.1, 0.15) is 5.15 Å². The first-order valence-electron chi connectivity index (χ1n) is 8.18. The molecule has 26 heavy (non-hydrogen) atoms. The number of rotatable bonds is 6. The number of nitrogens with one attached hydrogen (secondary N) is 1. The van der Waals surface area contributed by atoms with Gasteiger partial charge in [-0.2, -0.15) is 5.10 Å². The summed E-state index contributed by atoms with van der Waals surface area (Å²) in [6.07, 6.45) is 3.07. The lowest BCUT2D eigenvalue weighted by molar-refractivity contribution is -0.143. The van der Waals surface area contributed by atoms with Crippen molar-refractivity contribution < 1.29 is 22.7 Å². The molecule has 0 aromatic carbocycles. The van der Waals surface area contributed by atoms with E-state index in [2.05, 4.69) is 10.4 Å². The summed E-state index contributed by atoms with van der Waals surface area (Å²) in [5.74, 6) is -0.950. The summed E-state index contributed by atoms with van der Waals surface area (Å²) in [5, 5.41) is 7.17. The Bertz CT molecular complexity index is 829. The number of amides is 1. The molecule has 1 fully saturated rings. The van der Waals surface area contributed by atoms with Crippen LogP contribution in [0.5, 0.6) is 0 Å². The van der Waals surface area contributed by atoms with Crippen LogP contribution >= 0.6 is 11.6 Å². The molecule has 2 heterocycles. The monoisotopic (exact) mass is 403 g/mol. The van der Waals surface area contributed by atoms with Gasteiger partial charge in [-0.15, -0.1) is 0 Å². The quantitative estimate of drug-likeness (QED) is 0.566. The third-order valence-electron chi connectivity index (χ3n) is 3.81. The summed E-state index contributed by atoms with van der Waals surface area (Å²) in [6.45, 7) is 4.95. The van der Waals surface area contributed by atoms with Gasteiger partial charge in [-0.3, -0.25) is 4.79 Å². The van der Waals surface area contributed by atoms with Crippen LogP contribution in [0.2, 0.25) is 5.15 Å². The number of nitrogens with zero attached hydrogens (tertiary/aromatic N) is 2. The summed E-state index contributed by atoms with van der Waals surface area (Å²) in [5.41, 5.74) is 1.08. The van der Waals surface area contributed by atoms with Gasteiger partial charge in [0.2, 0.25) is 0 Å². The number of carbonyl (C=O) groups is 2. The lowest BCUT2D eigenvalue weighted by Gasteiger charge is -2.09. The predicted molar refractivity (Wildman–Crippen MR) is 97.6 cm³/mol. The number of carbonyl (C=O) groups excluding carboxylic acids is 2. The SMILES string of the molecule is Cc1nn([C@H]2CCS(=O)(=O)C2)c(Cl)c1/C=C/C(=O)OCC(=O)NC(C)C. The molecule has 0 saturated carbocycles. The highest BCUT2D eigenvalue weighted by molar-refractivity contribution is 7.91. The van der Waals surface area contributed by atoms with Gasteiger partial charge in [0, 0.05) is 17.7 Å². The molecule has 144 valence electrons. The fraction of sp³-hybridized carbons (Fsp3) is 0.562. The van der Waals surface area contributed by atoms with E-state index in [4.69, 9.17) is 16.3 Å². The zero-order valence-electron chi connectivity index (χ0n) is 14.9. The van der Waals surface area contributed by atoms with Gasteiger partial charge in [-0.25, -0.2) is 17.9 Å². The smallest absolute Gasteiger partial charge is 0.331 e. The van der Waals surface area contributed by atoms with Gasteiger partial charge < -0.3 is 10.1 Å². The van der Waals surface area contributed by atoms with Crippen LogP contribution in [0.4, 0.5) is 0 Å². The molecule has 1 aromatic heterocycles. The van der Waals surface area contributed by atoms with Crippen LogP contribution in [0.1, 0.15) is 37.6 Å². The third-order valence-corrected chi connectivity index (χ3v) is 5.93. The first-order chi connectivity index (χ1) is 12.1. The minimum Gasteiger partial charge on any atom is -0.452 e. The number of halogens is 1. The lowest BCUT2D eigenvalue weighted by atomic mass is 10.2. The van der Waals surface area contributed by atoms with Crippen LogP contribution in [-0.2, 0) is 24.2 Å². The fourth-order valence-corrected chi connectivity index (χ4v) is 4.70. The third kappa shape index (κ3) is 5.31. The Labute approximate surface area is 157 Å². The molecule has 1 aliphatic rings. The van der Waals surface area contributed by atoms with Crippen LogP contribution in [-0.4, -0.2) is 54.2 Å². The van der Waals surface area contributed by atoms with E-state index in [0.29, 0.717) is 17.7 Å². The van der Waals surface area contributed by atoms with Crippen LogP contribution in [0.15, 0.2) is 6.08 Å². The standard InChI is InChI=1S/C16H22ClN3O5S/c1-10(2)18-14(21)8-25-15(22)5-4-13-11(3)19-20(16(13)17)12-6-7-26(23,24)9-12/h4-5,10,12H,6-9H2,1-3H3,(H,18,21)/b5-4+/t12-/m0/s1. The van der Waals surface area contributed by atoms with Crippen molar-refractivity contribution in [2.45, 2.75) is 39.3 Å². The molecule has 0 spiro atoms. The Morgan fingerprint density at radius 2 is 2.15 bits per heavy atom. The summed E-state index contributed by atoms with van der Waals surface area (Å²) >= 11 is 6.31. The van der Waals surface area contributed by atoms with Crippen LogP contribution in [0, 0.1) is 6.92 Å². The molecule has 1 aromatic rings. The summed E-state index contributed by atoms with van der Waals surface area (Å²) in [4.78, 5) is 23.2. The molecule has 1 atom stereocenters. The van der Waals surface area contributed by atoms with E-state index in [1.165, 1.54) is 10.8 Å². The maximum atomic E-state index is 11.7. The Morgan fingerprint density at radius 3 is 2.73 bits per heavy atom. The van der Waals surface area contributed by atoms with Crippen LogP contribution in [0.3, 0.4) is 0 Å². The second kappa shape index (κ2) is 8.22. The molecule has 1 amide bonds. The zero-order chi connectivity index (χ0) is 19.5. The topological polar surface area (TPSA) is 107 Å². The number of esters is 1. The van der Waals surface area contributed by atoms with E-state index < -0.39 is 15.8 Å². The van der Waals surface area contributed by atoms with Crippen molar-refractivity contribution in [3.05, 3.63) is 22.5 Å². The van der Waals surface area contributed by atoms with E-state index in [1.807, 2.05) is 0 Å². The molecule has 2 rings (SSSR count). The molecule has 8 nitrogen and oxygen atoms in total. The molecule has 0 aliphatic carbocycles. The van der Waals surface area contributed by atoms with E-state index >= 15 is 0 Å². The van der Waals surface area contributed by atoms with Gasteiger partial charge in [-0.05, 0) is 33.3 Å². The zero-order valence-corrected chi connectivity index (χ0v) is 16.4. The maximum absolute atomic E-state index is 11.7. The number of ether oxygens (including phenoxy) is 1. The van der Waals surface area contributed by atoms with Crippen molar-refractivity contribution in [3.8, 4) is 0 Å². The fourth-order valence-electron chi connectivity index (χ4n) is 2.63. The number of hydrogen-bond donors (Lipinski definition) is 1. The predicted octanol–water partition coefficient (Wildman–Crippen LogP) is 1.29. The highest BCUT2D eigenvalue weighted by Gasteiger charge is 2.31. The molecule has 1 aliphatic heterocycles. The largest absolute Gasteiger partial charge is 0.452 e. The Balaban J connectivity index is 2.02. The second-order valence-corrected chi connectivity index (χ2v) is 9.04. The van der Waals surface area contributed by atoms with Crippen LogP contribution in [0.25, 0.3) is 6.08 Å². The number of hydrogen-bond acceptors (Lipinski definition) is 6. The number of aryl methyl sites for hydroxylation is 1. The Kier molecular flexibility index (Phi) is 6.46. The lowest BCUT2D eigenvalue weighted by Crippen LogP contribution is -2.33. The summed E-state index contributed by atoms with van der Waals surface area (Å²) in [6, 6.07) is -0.344. The van der Waals surface area contributed by atoms with Crippen molar-refractivity contribution in [2.24, 2.45) is 0 Å². The summed E-state index contributed by atoms with van der Waals surface area (Å²) < 4.78 is 29.6. The van der Waals surface area contributed by atoms with Crippen molar-refractivity contribution >= 4 is 39.4 Å². The van der Waals surface area contributed by atoms with E-state index in [0.717, 1.165) is 6.08 Å². The molecular weight excluding hydrogens is 382 g/mol. The van der Waals surface area contributed by atoms with Crippen LogP contribution < -0.4 is 5.32 Å². The summed E-state index contributed by atoms with van der Waals surface area (Å²) in [7, 11) is -3.06. The Hall–Kier alpha value is -1.87. The molecule has 10 heteroatoms. The molecule has 1 saturated heterocycles. The first kappa shape index (κ1) is 20.4. The average molecular weight is 404 g/mol. The first-order valence-corrected chi connectivity index (χ1v) is 10.4. The molecule has 0 unspecified atom stereocenters.